The van der Waals surface area contributed by atoms with Crippen LogP contribution in [-0.4, -0.2) is 0 Å². The lowest BCUT2D eigenvalue weighted by Crippen LogP contribution is -2.23. The molecule has 108 valence electrons. The molecule has 0 radical (unpaired) electrons. The summed E-state index contributed by atoms with van der Waals surface area (Å²) in [7, 11) is 0. The van der Waals surface area contributed by atoms with Gasteiger partial charge in [0.05, 0.1) is 0 Å². The molecule has 0 aliphatic heterocycles. The van der Waals surface area contributed by atoms with E-state index in [2.05, 4.69) is 60.7 Å². The second-order valence-corrected chi connectivity index (χ2v) is 7.86. The molecule has 22 heavy (non-hydrogen) atoms. The lowest BCUT2D eigenvalue weighted by atomic mass is 9.74. The van der Waals surface area contributed by atoms with Crippen LogP contribution in [0.5, 0.6) is 0 Å². The summed E-state index contributed by atoms with van der Waals surface area (Å²) < 4.78 is 0. The Labute approximate surface area is 131 Å². The summed E-state index contributed by atoms with van der Waals surface area (Å²) in [5, 5.41) is 0. The molecule has 0 aromatic heterocycles. The summed E-state index contributed by atoms with van der Waals surface area (Å²) in [6.07, 6.45) is 9.23. The van der Waals surface area contributed by atoms with E-state index in [0.717, 1.165) is 23.7 Å². The van der Waals surface area contributed by atoms with Gasteiger partial charge >= 0.3 is 0 Å². The molecule has 1 spiro atoms. The third-order valence-corrected chi connectivity index (χ3v) is 7.14. The second-order valence-electron chi connectivity index (χ2n) is 7.86. The molecule has 0 heteroatoms. The maximum atomic E-state index is 2.53. The zero-order chi connectivity index (χ0) is 14.3. The number of fused-ring (bicyclic) bond motifs is 10. The summed E-state index contributed by atoms with van der Waals surface area (Å²) in [5.41, 5.74) is 6.54. The van der Waals surface area contributed by atoms with Crippen molar-refractivity contribution in [2.75, 3.05) is 0 Å². The van der Waals surface area contributed by atoms with Crippen molar-refractivity contribution in [2.24, 2.45) is 23.7 Å². The van der Waals surface area contributed by atoms with Crippen LogP contribution in [0.25, 0.3) is 11.1 Å². The molecule has 6 rings (SSSR count). The van der Waals surface area contributed by atoms with E-state index in [4.69, 9.17) is 0 Å². The fourth-order valence-corrected chi connectivity index (χ4v) is 6.38. The lowest BCUT2D eigenvalue weighted by Gasteiger charge is -2.28. The minimum atomic E-state index is 0.311. The van der Waals surface area contributed by atoms with Crippen molar-refractivity contribution >= 4 is 0 Å². The van der Waals surface area contributed by atoms with Gasteiger partial charge in [-0.3, -0.25) is 0 Å². The van der Waals surface area contributed by atoms with Crippen LogP contribution < -0.4 is 0 Å². The number of hydrogen-bond donors (Lipinski definition) is 0. The Morgan fingerprint density at radius 3 is 1.73 bits per heavy atom. The normalized spacial score (nSPS) is 34.9. The third kappa shape index (κ3) is 1.19. The number of rotatable bonds is 0. The molecule has 0 amide bonds. The van der Waals surface area contributed by atoms with Crippen LogP contribution in [0.1, 0.15) is 30.4 Å². The molecular formula is C22H20. The standard InChI is InChI=1S/C22H20/c1-3-7-20-16(5-1)17-6-2-4-8-21(17)22(20)12-18-14-9-10-15(11-14)19(18)13-22/h1-10,14-15,18-19H,11-13H2/t14-,15+,18-,19+. The van der Waals surface area contributed by atoms with Crippen LogP contribution in [0.2, 0.25) is 0 Å². The number of benzene rings is 2. The van der Waals surface area contributed by atoms with Gasteiger partial charge in [0.1, 0.15) is 0 Å². The first-order valence-corrected chi connectivity index (χ1v) is 8.74. The minimum absolute atomic E-state index is 0.311. The highest BCUT2D eigenvalue weighted by Crippen LogP contribution is 2.66. The van der Waals surface area contributed by atoms with Gasteiger partial charge in [-0.25, -0.2) is 0 Å². The smallest absolute Gasteiger partial charge is 0.0221 e. The van der Waals surface area contributed by atoms with E-state index >= 15 is 0 Å². The number of allylic oxidation sites excluding steroid dienone is 2. The van der Waals surface area contributed by atoms with Gasteiger partial charge in [0.2, 0.25) is 0 Å². The van der Waals surface area contributed by atoms with E-state index in [1.54, 1.807) is 11.1 Å². The molecule has 0 N–H and O–H groups in total. The average Bonchev–Trinajstić information content (AvgIpc) is 3.30. The highest BCUT2D eigenvalue weighted by molar-refractivity contribution is 5.81. The molecule has 4 atom stereocenters. The minimum Gasteiger partial charge on any atom is -0.0848 e. The van der Waals surface area contributed by atoms with Crippen molar-refractivity contribution < 1.29 is 0 Å². The fraction of sp³-hybridized carbons (Fsp3) is 0.364. The Kier molecular flexibility index (Phi) is 1.99. The van der Waals surface area contributed by atoms with Crippen molar-refractivity contribution in [3.8, 4) is 11.1 Å². The molecular weight excluding hydrogens is 264 g/mol. The first-order valence-electron chi connectivity index (χ1n) is 8.74. The van der Waals surface area contributed by atoms with Gasteiger partial charge in [-0.15, -0.1) is 0 Å². The van der Waals surface area contributed by atoms with Gasteiger partial charge in [-0.05, 0) is 65.2 Å². The lowest BCUT2D eigenvalue weighted by molar-refractivity contribution is 0.364. The Morgan fingerprint density at radius 1 is 0.682 bits per heavy atom. The maximum absolute atomic E-state index is 2.53. The van der Waals surface area contributed by atoms with Gasteiger partial charge in [-0.1, -0.05) is 60.7 Å². The van der Waals surface area contributed by atoms with Crippen molar-refractivity contribution in [2.45, 2.75) is 24.7 Å². The SMILES string of the molecule is C1=C[C@H]2C[C@@H]1[C@H]1CC3(C[C@H]12)c1ccccc1-c1ccccc13. The molecule has 0 unspecified atom stereocenters. The highest BCUT2D eigenvalue weighted by atomic mass is 14.6. The van der Waals surface area contributed by atoms with Crippen molar-refractivity contribution in [3.05, 3.63) is 71.8 Å². The average molecular weight is 284 g/mol. The summed E-state index contributed by atoms with van der Waals surface area (Å²) in [4.78, 5) is 0. The molecule has 0 nitrogen and oxygen atoms in total. The molecule has 0 heterocycles. The van der Waals surface area contributed by atoms with Gasteiger partial charge in [0, 0.05) is 5.41 Å². The van der Waals surface area contributed by atoms with Crippen LogP contribution in [-0.2, 0) is 5.41 Å². The predicted molar refractivity (Wildman–Crippen MR) is 89.6 cm³/mol. The topological polar surface area (TPSA) is 0 Å². The Bertz CT molecular complexity index is 745. The molecule has 2 bridgehead atoms. The van der Waals surface area contributed by atoms with Crippen LogP contribution in [0.15, 0.2) is 60.7 Å². The Morgan fingerprint density at radius 2 is 1.18 bits per heavy atom. The predicted octanol–water partition coefficient (Wildman–Crippen LogP) is 5.19. The summed E-state index contributed by atoms with van der Waals surface area (Å²) in [6.45, 7) is 0. The summed E-state index contributed by atoms with van der Waals surface area (Å²) in [5.74, 6) is 3.59. The largest absolute Gasteiger partial charge is 0.0848 e. The van der Waals surface area contributed by atoms with Crippen LogP contribution >= 0.6 is 0 Å². The zero-order valence-corrected chi connectivity index (χ0v) is 12.7. The number of hydrogen-bond acceptors (Lipinski definition) is 0. The van der Waals surface area contributed by atoms with E-state index in [1.807, 2.05) is 0 Å². The van der Waals surface area contributed by atoms with Crippen molar-refractivity contribution in [3.63, 3.8) is 0 Å². The van der Waals surface area contributed by atoms with Crippen LogP contribution in [0.4, 0.5) is 0 Å². The van der Waals surface area contributed by atoms with E-state index in [-0.39, 0.29) is 0 Å². The van der Waals surface area contributed by atoms with Gasteiger partial charge in [-0.2, -0.15) is 0 Å². The fourth-order valence-electron chi connectivity index (χ4n) is 6.38. The highest BCUT2D eigenvalue weighted by Gasteiger charge is 2.58. The molecule has 4 aliphatic rings. The molecule has 2 saturated carbocycles. The summed E-state index contributed by atoms with van der Waals surface area (Å²) >= 11 is 0. The van der Waals surface area contributed by atoms with Crippen LogP contribution in [0.3, 0.4) is 0 Å². The van der Waals surface area contributed by atoms with Gasteiger partial charge in [0.25, 0.3) is 0 Å². The zero-order valence-electron chi connectivity index (χ0n) is 12.7. The Hall–Kier alpha value is -1.82. The second kappa shape index (κ2) is 3.74. The monoisotopic (exact) mass is 284 g/mol. The van der Waals surface area contributed by atoms with Crippen molar-refractivity contribution in [1.29, 1.82) is 0 Å². The van der Waals surface area contributed by atoms with Gasteiger partial charge < -0.3 is 0 Å². The molecule has 0 saturated heterocycles. The van der Waals surface area contributed by atoms with Crippen molar-refractivity contribution in [1.82, 2.24) is 0 Å². The first-order chi connectivity index (χ1) is 10.9. The van der Waals surface area contributed by atoms with E-state index < -0.39 is 0 Å². The molecule has 4 aliphatic carbocycles. The molecule has 2 fully saturated rings. The van der Waals surface area contributed by atoms with E-state index in [1.165, 1.54) is 30.4 Å². The Balaban J connectivity index is 1.59. The first kappa shape index (κ1) is 11.7. The van der Waals surface area contributed by atoms with Crippen LogP contribution in [0, 0.1) is 23.7 Å². The van der Waals surface area contributed by atoms with Gasteiger partial charge in [0.15, 0.2) is 0 Å². The molecule has 2 aromatic rings. The summed E-state index contributed by atoms with van der Waals surface area (Å²) in [6, 6.07) is 18.4. The third-order valence-electron chi connectivity index (χ3n) is 7.14. The van der Waals surface area contributed by atoms with E-state index in [0.29, 0.717) is 5.41 Å². The maximum Gasteiger partial charge on any atom is 0.0221 e. The molecule has 2 aromatic carbocycles. The quantitative estimate of drug-likeness (QED) is 0.584. The van der Waals surface area contributed by atoms with E-state index in [9.17, 15) is 0 Å².